The SMILES string of the molecule is CC(C)Cc1ccc(CNC(=O)C2CCNC2)cc1. The molecule has 1 aliphatic heterocycles. The zero-order valence-corrected chi connectivity index (χ0v) is 11.9. The third-order valence-corrected chi connectivity index (χ3v) is 3.56. The molecule has 1 atom stereocenters. The van der Waals surface area contributed by atoms with Crippen LogP contribution >= 0.6 is 0 Å². The van der Waals surface area contributed by atoms with E-state index in [9.17, 15) is 4.79 Å². The number of hydrogen-bond donors (Lipinski definition) is 2. The molecule has 3 heteroatoms. The Morgan fingerprint density at radius 1 is 1.32 bits per heavy atom. The summed E-state index contributed by atoms with van der Waals surface area (Å²) in [6, 6.07) is 8.56. The van der Waals surface area contributed by atoms with Gasteiger partial charge in [-0.15, -0.1) is 0 Å². The van der Waals surface area contributed by atoms with Gasteiger partial charge in [-0.3, -0.25) is 4.79 Å². The molecular weight excluding hydrogens is 236 g/mol. The highest BCUT2D eigenvalue weighted by atomic mass is 16.1. The van der Waals surface area contributed by atoms with Crippen molar-refractivity contribution in [3.8, 4) is 0 Å². The van der Waals surface area contributed by atoms with Gasteiger partial charge in [-0.2, -0.15) is 0 Å². The van der Waals surface area contributed by atoms with Crippen LogP contribution in [0, 0.1) is 11.8 Å². The summed E-state index contributed by atoms with van der Waals surface area (Å²) in [5.74, 6) is 1.01. The molecule has 0 bridgehead atoms. The van der Waals surface area contributed by atoms with Gasteiger partial charge in [0.1, 0.15) is 0 Å². The zero-order chi connectivity index (χ0) is 13.7. The maximum absolute atomic E-state index is 11.9. The van der Waals surface area contributed by atoms with Gasteiger partial charge in [0.15, 0.2) is 0 Å². The van der Waals surface area contributed by atoms with Crippen molar-refractivity contribution in [2.24, 2.45) is 11.8 Å². The van der Waals surface area contributed by atoms with E-state index in [0.29, 0.717) is 12.5 Å². The van der Waals surface area contributed by atoms with Crippen molar-refractivity contribution in [2.75, 3.05) is 13.1 Å². The first-order valence-electron chi connectivity index (χ1n) is 7.21. The topological polar surface area (TPSA) is 41.1 Å². The average Bonchev–Trinajstić information content (AvgIpc) is 2.91. The lowest BCUT2D eigenvalue weighted by atomic mass is 10.0. The summed E-state index contributed by atoms with van der Waals surface area (Å²) < 4.78 is 0. The van der Waals surface area contributed by atoms with Gasteiger partial charge < -0.3 is 10.6 Å². The minimum Gasteiger partial charge on any atom is -0.352 e. The number of carbonyl (C=O) groups excluding carboxylic acids is 1. The molecule has 1 saturated heterocycles. The van der Waals surface area contributed by atoms with Crippen LogP contribution in [0.1, 0.15) is 31.4 Å². The van der Waals surface area contributed by atoms with Crippen LogP contribution in [0.5, 0.6) is 0 Å². The summed E-state index contributed by atoms with van der Waals surface area (Å²) in [6.07, 6.45) is 2.07. The maximum atomic E-state index is 11.9. The molecule has 1 aromatic carbocycles. The Morgan fingerprint density at radius 2 is 2.00 bits per heavy atom. The Bertz CT molecular complexity index is 405. The van der Waals surface area contributed by atoms with Gasteiger partial charge in [-0.25, -0.2) is 0 Å². The van der Waals surface area contributed by atoms with Gasteiger partial charge in [-0.1, -0.05) is 38.1 Å². The smallest absolute Gasteiger partial charge is 0.224 e. The third kappa shape index (κ3) is 4.35. The molecule has 0 spiro atoms. The second kappa shape index (κ2) is 6.71. The second-order valence-corrected chi connectivity index (χ2v) is 5.82. The molecule has 1 fully saturated rings. The lowest BCUT2D eigenvalue weighted by Gasteiger charge is -2.10. The van der Waals surface area contributed by atoms with Crippen LogP contribution in [0.2, 0.25) is 0 Å². The monoisotopic (exact) mass is 260 g/mol. The fourth-order valence-electron chi connectivity index (χ4n) is 2.48. The van der Waals surface area contributed by atoms with Crippen LogP contribution in [0.25, 0.3) is 0 Å². The molecule has 0 aliphatic carbocycles. The molecule has 1 amide bonds. The van der Waals surface area contributed by atoms with E-state index < -0.39 is 0 Å². The summed E-state index contributed by atoms with van der Waals surface area (Å²) in [5.41, 5.74) is 2.54. The second-order valence-electron chi connectivity index (χ2n) is 5.82. The summed E-state index contributed by atoms with van der Waals surface area (Å²) in [5, 5.41) is 6.24. The fourth-order valence-corrected chi connectivity index (χ4v) is 2.48. The molecule has 1 aliphatic rings. The van der Waals surface area contributed by atoms with Gasteiger partial charge in [0.2, 0.25) is 5.91 Å². The number of rotatable bonds is 5. The van der Waals surface area contributed by atoms with E-state index in [1.165, 1.54) is 11.1 Å². The van der Waals surface area contributed by atoms with E-state index in [1.807, 2.05) is 0 Å². The molecule has 104 valence electrons. The zero-order valence-electron chi connectivity index (χ0n) is 11.9. The molecule has 1 aromatic rings. The quantitative estimate of drug-likeness (QED) is 0.851. The van der Waals surface area contributed by atoms with Crippen LogP contribution < -0.4 is 10.6 Å². The number of hydrogen-bond acceptors (Lipinski definition) is 2. The highest BCUT2D eigenvalue weighted by Gasteiger charge is 2.21. The highest BCUT2D eigenvalue weighted by Crippen LogP contribution is 2.11. The summed E-state index contributed by atoms with van der Waals surface area (Å²) in [7, 11) is 0. The van der Waals surface area contributed by atoms with E-state index in [2.05, 4.69) is 48.7 Å². The predicted octanol–water partition coefficient (Wildman–Crippen LogP) is 2.11. The summed E-state index contributed by atoms with van der Waals surface area (Å²) in [6.45, 7) is 6.87. The summed E-state index contributed by atoms with van der Waals surface area (Å²) >= 11 is 0. The van der Waals surface area contributed by atoms with Gasteiger partial charge in [0, 0.05) is 13.1 Å². The average molecular weight is 260 g/mol. The molecule has 2 N–H and O–H groups in total. The Balaban J connectivity index is 1.80. The largest absolute Gasteiger partial charge is 0.352 e. The first-order chi connectivity index (χ1) is 9.15. The van der Waals surface area contributed by atoms with Gasteiger partial charge in [-0.05, 0) is 36.4 Å². The molecule has 1 heterocycles. The first kappa shape index (κ1) is 14.1. The van der Waals surface area contributed by atoms with Crippen LogP contribution in [-0.4, -0.2) is 19.0 Å². The van der Waals surface area contributed by atoms with Crippen LogP contribution in [0.4, 0.5) is 0 Å². The van der Waals surface area contributed by atoms with Crippen molar-refractivity contribution in [1.82, 2.24) is 10.6 Å². The van der Waals surface area contributed by atoms with Crippen molar-refractivity contribution in [1.29, 1.82) is 0 Å². The molecule has 0 radical (unpaired) electrons. The van der Waals surface area contributed by atoms with Gasteiger partial charge >= 0.3 is 0 Å². The third-order valence-electron chi connectivity index (χ3n) is 3.56. The number of benzene rings is 1. The fraction of sp³-hybridized carbons (Fsp3) is 0.562. The van der Waals surface area contributed by atoms with Crippen molar-refractivity contribution < 1.29 is 4.79 Å². The van der Waals surface area contributed by atoms with Crippen LogP contribution in [0.3, 0.4) is 0 Å². The van der Waals surface area contributed by atoms with Gasteiger partial charge in [0.25, 0.3) is 0 Å². The molecule has 19 heavy (non-hydrogen) atoms. The number of carbonyl (C=O) groups is 1. The van der Waals surface area contributed by atoms with Crippen LogP contribution in [-0.2, 0) is 17.8 Å². The van der Waals surface area contributed by atoms with Gasteiger partial charge in [0.05, 0.1) is 5.92 Å². The number of nitrogens with one attached hydrogen (secondary N) is 2. The Kier molecular flexibility index (Phi) is 4.97. The summed E-state index contributed by atoms with van der Waals surface area (Å²) in [4.78, 5) is 11.9. The van der Waals surface area contributed by atoms with E-state index >= 15 is 0 Å². The standard InChI is InChI=1S/C16H24N2O/c1-12(2)9-13-3-5-14(6-4-13)10-18-16(19)15-7-8-17-11-15/h3-6,12,15,17H,7-11H2,1-2H3,(H,18,19). The van der Waals surface area contributed by atoms with Crippen molar-refractivity contribution in [3.05, 3.63) is 35.4 Å². The normalized spacial score (nSPS) is 18.8. The molecule has 0 saturated carbocycles. The highest BCUT2D eigenvalue weighted by molar-refractivity contribution is 5.79. The van der Waals surface area contributed by atoms with E-state index in [1.54, 1.807) is 0 Å². The number of amides is 1. The van der Waals surface area contributed by atoms with Crippen molar-refractivity contribution in [2.45, 2.75) is 33.2 Å². The Hall–Kier alpha value is -1.35. The predicted molar refractivity (Wildman–Crippen MR) is 77.8 cm³/mol. The van der Waals surface area contributed by atoms with E-state index in [0.717, 1.165) is 25.9 Å². The lowest BCUT2D eigenvalue weighted by Crippen LogP contribution is -2.31. The Labute approximate surface area is 115 Å². The maximum Gasteiger partial charge on any atom is 0.224 e. The minimum atomic E-state index is 0.153. The molecule has 0 aromatic heterocycles. The lowest BCUT2D eigenvalue weighted by molar-refractivity contribution is -0.124. The van der Waals surface area contributed by atoms with E-state index in [4.69, 9.17) is 0 Å². The molecule has 3 nitrogen and oxygen atoms in total. The Morgan fingerprint density at radius 3 is 2.58 bits per heavy atom. The minimum absolute atomic E-state index is 0.153. The molecule has 2 rings (SSSR count). The van der Waals surface area contributed by atoms with Crippen molar-refractivity contribution in [3.63, 3.8) is 0 Å². The van der Waals surface area contributed by atoms with Crippen LogP contribution in [0.15, 0.2) is 24.3 Å². The first-order valence-corrected chi connectivity index (χ1v) is 7.21. The molecular formula is C16H24N2O. The van der Waals surface area contributed by atoms with Crippen molar-refractivity contribution >= 4 is 5.91 Å². The van der Waals surface area contributed by atoms with E-state index in [-0.39, 0.29) is 11.8 Å². The molecule has 1 unspecified atom stereocenters.